The van der Waals surface area contributed by atoms with E-state index in [1.165, 1.54) is 0 Å². The molecule has 0 atom stereocenters. The van der Waals surface area contributed by atoms with Crippen molar-refractivity contribution in [2.24, 2.45) is 0 Å². The number of anilines is 2. The summed E-state index contributed by atoms with van der Waals surface area (Å²) in [6.45, 7) is 5.39. The largest absolute Gasteiger partial charge is 0.466 e. The smallest absolute Gasteiger partial charge is 0.259 e. The lowest BCUT2D eigenvalue weighted by Gasteiger charge is -2.07. The molecule has 0 radical (unpaired) electrons. The maximum Gasteiger partial charge on any atom is 0.259 e. The van der Waals surface area contributed by atoms with Gasteiger partial charge in [-0.2, -0.15) is 0 Å². The Labute approximate surface area is 129 Å². The van der Waals surface area contributed by atoms with E-state index in [2.05, 4.69) is 10.0 Å². The van der Waals surface area contributed by atoms with Crippen LogP contribution in [0.15, 0.2) is 28.7 Å². The second-order valence-electron chi connectivity index (χ2n) is 5.12. The summed E-state index contributed by atoms with van der Waals surface area (Å²) in [6.07, 6.45) is 1.08. The van der Waals surface area contributed by atoms with Crippen LogP contribution in [-0.4, -0.2) is 20.6 Å². The van der Waals surface area contributed by atoms with Crippen LogP contribution in [0.3, 0.4) is 0 Å². The molecule has 0 fully saturated rings. The van der Waals surface area contributed by atoms with Crippen LogP contribution in [-0.2, 0) is 10.0 Å². The molecule has 2 aromatic rings. The second kappa shape index (κ2) is 5.84. The molecule has 22 heavy (non-hydrogen) atoms. The molecule has 0 saturated carbocycles. The van der Waals surface area contributed by atoms with E-state index < -0.39 is 10.0 Å². The fourth-order valence-electron chi connectivity index (χ4n) is 2.16. The summed E-state index contributed by atoms with van der Waals surface area (Å²) in [5.41, 5.74) is 2.34. The number of furan rings is 1. The van der Waals surface area contributed by atoms with Gasteiger partial charge in [-0.15, -0.1) is 0 Å². The molecule has 0 saturated heterocycles. The van der Waals surface area contributed by atoms with E-state index >= 15 is 0 Å². The highest BCUT2D eigenvalue weighted by Crippen LogP contribution is 2.22. The summed E-state index contributed by atoms with van der Waals surface area (Å²) in [7, 11) is -3.31. The van der Waals surface area contributed by atoms with Crippen molar-refractivity contribution in [1.82, 2.24) is 0 Å². The van der Waals surface area contributed by atoms with Crippen molar-refractivity contribution < 1.29 is 17.6 Å². The Balaban J connectivity index is 2.15. The number of amides is 1. The van der Waals surface area contributed by atoms with Crippen LogP contribution in [0.25, 0.3) is 0 Å². The average molecular weight is 322 g/mol. The summed E-state index contributed by atoms with van der Waals surface area (Å²) in [4.78, 5) is 12.3. The molecule has 0 aliphatic carbocycles. The van der Waals surface area contributed by atoms with Gasteiger partial charge in [0.15, 0.2) is 0 Å². The third-order valence-corrected chi connectivity index (χ3v) is 3.84. The Kier molecular flexibility index (Phi) is 4.27. The second-order valence-corrected chi connectivity index (χ2v) is 6.87. The maximum atomic E-state index is 12.3. The number of rotatable bonds is 4. The minimum atomic E-state index is -3.31. The first kappa shape index (κ1) is 16.1. The molecule has 2 N–H and O–H groups in total. The number of benzene rings is 1. The van der Waals surface area contributed by atoms with Crippen LogP contribution in [0.1, 0.15) is 27.4 Å². The number of carbonyl (C=O) groups excluding carboxylic acids is 1. The number of carbonyl (C=O) groups is 1. The molecule has 1 amide bonds. The zero-order valence-corrected chi connectivity index (χ0v) is 13.7. The maximum absolute atomic E-state index is 12.3. The van der Waals surface area contributed by atoms with Gasteiger partial charge in [-0.25, -0.2) is 8.42 Å². The minimum Gasteiger partial charge on any atom is -0.466 e. The summed E-state index contributed by atoms with van der Waals surface area (Å²) in [6, 6.07) is 6.42. The molecule has 2 rings (SSSR count). The zero-order chi connectivity index (χ0) is 16.5. The number of sulfonamides is 1. The van der Waals surface area contributed by atoms with Gasteiger partial charge in [0.2, 0.25) is 10.0 Å². The first-order valence-corrected chi connectivity index (χ1v) is 8.52. The molecular weight excluding hydrogens is 304 g/mol. The van der Waals surface area contributed by atoms with E-state index in [9.17, 15) is 13.2 Å². The highest BCUT2D eigenvalue weighted by atomic mass is 32.2. The topological polar surface area (TPSA) is 88.4 Å². The van der Waals surface area contributed by atoms with Crippen molar-refractivity contribution in [2.45, 2.75) is 20.8 Å². The van der Waals surface area contributed by atoms with E-state index in [1.807, 2.05) is 13.8 Å². The van der Waals surface area contributed by atoms with E-state index in [-0.39, 0.29) is 5.91 Å². The third-order valence-electron chi connectivity index (χ3n) is 3.23. The lowest BCUT2D eigenvalue weighted by Crippen LogP contribution is -2.14. The van der Waals surface area contributed by atoms with Gasteiger partial charge in [0, 0.05) is 16.9 Å². The Morgan fingerprint density at radius 1 is 1.00 bits per heavy atom. The molecule has 7 heteroatoms. The molecule has 0 aliphatic heterocycles. The van der Waals surface area contributed by atoms with E-state index in [4.69, 9.17) is 4.42 Å². The molecule has 1 aromatic heterocycles. The van der Waals surface area contributed by atoms with E-state index in [1.54, 1.807) is 31.2 Å². The Morgan fingerprint density at radius 3 is 2.00 bits per heavy atom. The number of aryl methyl sites for hydroxylation is 2. The zero-order valence-electron chi connectivity index (χ0n) is 12.9. The Bertz CT molecular complexity index is 805. The van der Waals surface area contributed by atoms with Crippen molar-refractivity contribution >= 4 is 27.3 Å². The third kappa shape index (κ3) is 3.67. The van der Waals surface area contributed by atoms with Crippen LogP contribution in [0, 0.1) is 20.8 Å². The number of hydrogen-bond donors (Lipinski definition) is 2. The van der Waals surface area contributed by atoms with Gasteiger partial charge in [0.05, 0.1) is 11.8 Å². The van der Waals surface area contributed by atoms with E-state index in [0.29, 0.717) is 22.7 Å². The normalized spacial score (nSPS) is 11.3. The first-order valence-electron chi connectivity index (χ1n) is 6.63. The monoisotopic (exact) mass is 322 g/mol. The molecule has 0 bridgehead atoms. The van der Waals surface area contributed by atoms with Crippen LogP contribution >= 0.6 is 0 Å². The van der Waals surface area contributed by atoms with Crippen molar-refractivity contribution in [3.8, 4) is 0 Å². The molecule has 118 valence electrons. The van der Waals surface area contributed by atoms with Crippen molar-refractivity contribution in [2.75, 3.05) is 16.3 Å². The highest BCUT2D eigenvalue weighted by Gasteiger charge is 2.18. The van der Waals surface area contributed by atoms with Gasteiger partial charge in [-0.1, -0.05) is 0 Å². The minimum absolute atomic E-state index is 0.254. The summed E-state index contributed by atoms with van der Waals surface area (Å²) in [5, 5.41) is 2.77. The Morgan fingerprint density at radius 2 is 1.55 bits per heavy atom. The fraction of sp³-hybridized carbons (Fsp3) is 0.267. The van der Waals surface area contributed by atoms with Gasteiger partial charge >= 0.3 is 0 Å². The van der Waals surface area contributed by atoms with Crippen molar-refractivity contribution in [3.05, 3.63) is 46.9 Å². The number of nitrogens with one attached hydrogen (secondary N) is 2. The van der Waals surface area contributed by atoms with Gasteiger partial charge in [0.1, 0.15) is 11.5 Å². The standard InChI is InChI=1S/C15H18N2O4S/c1-9-10(2)21-11(3)14(9)15(18)16-12-5-7-13(8-6-12)17-22(4,19)20/h5-8,17H,1-4H3,(H,16,18). The predicted octanol–water partition coefficient (Wildman–Crippen LogP) is 2.83. The molecule has 1 heterocycles. The quantitative estimate of drug-likeness (QED) is 0.906. The van der Waals surface area contributed by atoms with Gasteiger partial charge in [0.25, 0.3) is 5.91 Å². The lowest BCUT2D eigenvalue weighted by atomic mass is 10.1. The SMILES string of the molecule is Cc1oc(C)c(C(=O)Nc2ccc(NS(C)(=O)=O)cc2)c1C. The van der Waals surface area contributed by atoms with Gasteiger partial charge < -0.3 is 9.73 Å². The molecule has 0 unspecified atom stereocenters. The summed E-state index contributed by atoms with van der Waals surface area (Å²) < 4.78 is 30.1. The average Bonchev–Trinajstić information content (AvgIpc) is 2.64. The van der Waals surface area contributed by atoms with Crippen LogP contribution < -0.4 is 10.0 Å². The Hall–Kier alpha value is -2.28. The lowest BCUT2D eigenvalue weighted by molar-refractivity contribution is 0.102. The summed E-state index contributed by atoms with van der Waals surface area (Å²) >= 11 is 0. The summed E-state index contributed by atoms with van der Waals surface area (Å²) in [5.74, 6) is 1.04. The number of hydrogen-bond acceptors (Lipinski definition) is 4. The van der Waals surface area contributed by atoms with Crippen LogP contribution in [0.5, 0.6) is 0 Å². The highest BCUT2D eigenvalue weighted by molar-refractivity contribution is 7.92. The van der Waals surface area contributed by atoms with E-state index in [0.717, 1.165) is 17.6 Å². The molecule has 0 aliphatic rings. The molecule has 0 spiro atoms. The van der Waals surface area contributed by atoms with Crippen LogP contribution in [0.2, 0.25) is 0 Å². The molecular formula is C15H18N2O4S. The molecule has 1 aromatic carbocycles. The molecule has 6 nitrogen and oxygen atoms in total. The van der Waals surface area contributed by atoms with Crippen molar-refractivity contribution in [1.29, 1.82) is 0 Å². The van der Waals surface area contributed by atoms with Crippen LogP contribution in [0.4, 0.5) is 11.4 Å². The van der Waals surface area contributed by atoms with Gasteiger partial charge in [-0.3, -0.25) is 9.52 Å². The van der Waals surface area contributed by atoms with Gasteiger partial charge in [-0.05, 0) is 45.0 Å². The predicted molar refractivity (Wildman–Crippen MR) is 85.8 cm³/mol. The first-order chi connectivity index (χ1) is 10.2. The van der Waals surface area contributed by atoms with Crippen molar-refractivity contribution in [3.63, 3.8) is 0 Å². The fourth-order valence-corrected chi connectivity index (χ4v) is 2.72.